The van der Waals surface area contributed by atoms with Gasteiger partial charge in [-0.15, -0.1) is 0 Å². The summed E-state index contributed by atoms with van der Waals surface area (Å²) in [5, 5.41) is 9.34. The van der Waals surface area contributed by atoms with Crippen LogP contribution in [0, 0.1) is 0 Å². The minimum absolute atomic E-state index is 0.0930. The number of halogens is 1. The fourth-order valence-corrected chi connectivity index (χ4v) is 1.80. The molecule has 0 spiro atoms. The van der Waals surface area contributed by atoms with Crippen LogP contribution >= 0.6 is 0 Å². The van der Waals surface area contributed by atoms with Crippen molar-refractivity contribution in [2.45, 2.75) is 38.9 Å². The second-order valence-corrected chi connectivity index (χ2v) is 5.71. The lowest BCUT2D eigenvalue weighted by molar-refractivity contribution is 0.00578. The lowest BCUT2D eigenvalue weighted by Crippen LogP contribution is -2.41. The van der Waals surface area contributed by atoms with Crippen LogP contribution in [0.4, 0.5) is 4.39 Å². The van der Waals surface area contributed by atoms with Crippen LogP contribution in [0.1, 0.15) is 33.3 Å². The number of hydrogen-bond acceptors (Lipinski definition) is 3. The van der Waals surface area contributed by atoms with Crippen LogP contribution in [0.15, 0.2) is 30.0 Å². The molecule has 0 bridgehead atoms. The van der Waals surface area contributed by atoms with Gasteiger partial charge in [-0.1, -0.05) is 12.1 Å². The number of rotatable bonds is 2. The number of benzene rings is 1. The van der Waals surface area contributed by atoms with E-state index in [9.17, 15) is 9.50 Å². The molecule has 3 nitrogen and oxygen atoms in total. The molecule has 0 aromatic heterocycles. The summed E-state index contributed by atoms with van der Waals surface area (Å²) in [6.45, 7) is 7.48. The van der Waals surface area contributed by atoms with Gasteiger partial charge in [0.15, 0.2) is 0 Å². The van der Waals surface area contributed by atoms with Gasteiger partial charge in [0.05, 0.1) is 11.2 Å². The van der Waals surface area contributed by atoms with Gasteiger partial charge in [-0.2, -0.15) is 0 Å². The molecular formula is C14H18BFO3. The molecule has 1 N–H and O–H groups in total. The Balaban J connectivity index is 2.20. The minimum atomic E-state index is -1.01. The van der Waals surface area contributed by atoms with E-state index in [1.807, 2.05) is 27.7 Å². The van der Waals surface area contributed by atoms with E-state index in [0.29, 0.717) is 5.56 Å². The van der Waals surface area contributed by atoms with Gasteiger partial charge in [0, 0.05) is 0 Å². The summed E-state index contributed by atoms with van der Waals surface area (Å²) >= 11 is 0. The fraction of sp³-hybridized carbons (Fsp3) is 0.429. The van der Waals surface area contributed by atoms with Crippen LogP contribution in [0.5, 0.6) is 5.75 Å². The summed E-state index contributed by atoms with van der Waals surface area (Å²) in [4.78, 5) is 0. The molecule has 102 valence electrons. The first kappa shape index (κ1) is 14.1. The molecular weight excluding hydrogens is 246 g/mol. The molecule has 0 aliphatic carbocycles. The first-order valence-electron chi connectivity index (χ1n) is 6.23. The fourth-order valence-electron chi connectivity index (χ4n) is 1.80. The van der Waals surface area contributed by atoms with Crippen LogP contribution < -0.4 is 0 Å². The summed E-state index contributed by atoms with van der Waals surface area (Å²) in [6, 6.07) is 6.36. The number of phenols is 1. The molecule has 0 amide bonds. The molecule has 1 aliphatic heterocycles. The third-order valence-electron chi connectivity index (χ3n) is 3.65. The van der Waals surface area contributed by atoms with E-state index in [0.717, 1.165) is 0 Å². The lowest BCUT2D eigenvalue weighted by atomic mass is 9.87. The highest BCUT2D eigenvalue weighted by Crippen LogP contribution is 2.39. The Morgan fingerprint density at radius 1 is 1.21 bits per heavy atom. The molecule has 1 heterocycles. The summed E-state index contributed by atoms with van der Waals surface area (Å²) in [7, 11) is -1.01. The Morgan fingerprint density at radius 2 is 1.79 bits per heavy atom. The molecule has 1 aromatic rings. The first-order chi connectivity index (χ1) is 8.71. The van der Waals surface area contributed by atoms with Crippen molar-refractivity contribution in [3.05, 3.63) is 35.6 Å². The smallest absolute Gasteiger partial charge is 0.508 e. The summed E-state index contributed by atoms with van der Waals surface area (Å²) in [6.07, 6.45) is 1.31. The standard InChI is InChI=1S/C14H18BFO3/c1-13(2)14(3,4)19-15(18-13)12(16)9-10-6-5-7-11(17)8-10/h5-9,17H,1-4H3. The lowest BCUT2D eigenvalue weighted by Gasteiger charge is -2.32. The molecule has 2 rings (SSSR count). The normalized spacial score (nSPS) is 21.7. The van der Waals surface area contributed by atoms with Crippen molar-refractivity contribution >= 4 is 13.2 Å². The van der Waals surface area contributed by atoms with E-state index in [1.165, 1.54) is 18.2 Å². The number of phenolic OH excluding ortho intramolecular Hbond substituents is 1. The SMILES string of the molecule is CC1(C)OB(C(F)=Cc2cccc(O)c2)OC1(C)C. The highest BCUT2D eigenvalue weighted by molar-refractivity contribution is 6.54. The predicted molar refractivity (Wildman–Crippen MR) is 73.3 cm³/mol. The molecule has 0 atom stereocenters. The molecule has 1 aliphatic rings. The van der Waals surface area contributed by atoms with Gasteiger partial charge < -0.3 is 14.4 Å². The molecule has 1 aromatic carbocycles. The highest BCUT2D eigenvalue weighted by Gasteiger charge is 2.52. The molecule has 1 fully saturated rings. The maximum absolute atomic E-state index is 14.1. The zero-order valence-corrected chi connectivity index (χ0v) is 11.6. The van der Waals surface area contributed by atoms with Crippen LogP contribution in [0.2, 0.25) is 0 Å². The van der Waals surface area contributed by atoms with Crippen LogP contribution in [-0.4, -0.2) is 23.4 Å². The van der Waals surface area contributed by atoms with Gasteiger partial charge in [0.1, 0.15) is 11.5 Å². The molecule has 19 heavy (non-hydrogen) atoms. The average Bonchev–Trinajstić information content (AvgIpc) is 2.48. The average molecular weight is 264 g/mol. The van der Waals surface area contributed by atoms with Gasteiger partial charge in [-0.25, -0.2) is 4.39 Å². The van der Waals surface area contributed by atoms with E-state index in [2.05, 4.69) is 0 Å². The maximum Gasteiger partial charge on any atom is 0.525 e. The third kappa shape index (κ3) is 2.82. The summed E-state index contributed by atoms with van der Waals surface area (Å²) < 4.78 is 25.3. The van der Waals surface area contributed by atoms with Crippen LogP contribution in [-0.2, 0) is 9.31 Å². The Kier molecular flexibility index (Phi) is 3.45. The van der Waals surface area contributed by atoms with Crippen molar-refractivity contribution in [3.63, 3.8) is 0 Å². The van der Waals surface area contributed by atoms with Gasteiger partial charge in [-0.05, 0) is 51.5 Å². The largest absolute Gasteiger partial charge is 0.525 e. The van der Waals surface area contributed by atoms with Crippen molar-refractivity contribution < 1.29 is 18.8 Å². The number of aromatic hydroxyl groups is 1. The second kappa shape index (κ2) is 4.65. The van der Waals surface area contributed by atoms with E-state index in [-0.39, 0.29) is 5.75 Å². The Labute approximate surface area is 113 Å². The monoisotopic (exact) mass is 264 g/mol. The molecule has 0 unspecified atom stereocenters. The molecule has 1 saturated heterocycles. The summed E-state index contributed by atoms with van der Waals surface area (Å²) in [5.74, 6) is 0.0930. The number of hydrogen-bond donors (Lipinski definition) is 1. The Morgan fingerprint density at radius 3 is 2.32 bits per heavy atom. The Hall–Kier alpha value is -1.33. The van der Waals surface area contributed by atoms with Crippen molar-refractivity contribution in [3.8, 4) is 5.75 Å². The van der Waals surface area contributed by atoms with Crippen LogP contribution in [0.25, 0.3) is 6.08 Å². The van der Waals surface area contributed by atoms with Gasteiger partial charge in [-0.3, -0.25) is 0 Å². The Bertz CT molecular complexity index is 495. The van der Waals surface area contributed by atoms with Crippen molar-refractivity contribution in [2.24, 2.45) is 0 Å². The second-order valence-electron chi connectivity index (χ2n) is 5.71. The van der Waals surface area contributed by atoms with E-state index >= 15 is 0 Å². The highest BCUT2D eigenvalue weighted by atomic mass is 19.1. The summed E-state index contributed by atoms with van der Waals surface area (Å²) in [5.41, 5.74) is -1.08. The van der Waals surface area contributed by atoms with Crippen LogP contribution in [0.3, 0.4) is 0 Å². The van der Waals surface area contributed by atoms with Crippen molar-refractivity contribution in [1.29, 1.82) is 0 Å². The van der Waals surface area contributed by atoms with Gasteiger partial charge in [0.2, 0.25) is 0 Å². The topological polar surface area (TPSA) is 38.7 Å². The predicted octanol–water partition coefficient (Wildman–Crippen LogP) is 3.33. The molecule has 0 saturated carbocycles. The van der Waals surface area contributed by atoms with E-state index < -0.39 is 24.0 Å². The zero-order valence-electron chi connectivity index (χ0n) is 11.6. The third-order valence-corrected chi connectivity index (χ3v) is 3.65. The van der Waals surface area contributed by atoms with Crippen molar-refractivity contribution in [1.82, 2.24) is 0 Å². The maximum atomic E-state index is 14.1. The minimum Gasteiger partial charge on any atom is -0.508 e. The molecule has 5 heteroatoms. The van der Waals surface area contributed by atoms with Crippen molar-refractivity contribution in [2.75, 3.05) is 0 Å². The van der Waals surface area contributed by atoms with E-state index in [1.54, 1.807) is 12.1 Å². The molecule has 0 radical (unpaired) electrons. The van der Waals surface area contributed by atoms with Gasteiger partial charge in [0.25, 0.3) is 0 Å². The van der Waals surface area contributed by atoms with E-state index in [4.69, 9.17) is 9.31 Å². The first-order valence-corrected chi connectivity index (χ1v) is 6.23. The van der Waals surface area contributed by atoms with Gasteiger partial charge >= 0.3 is 7.12 Å². The quantitative estimate of drug-likeness (QED) is 0.832. The zero-order chi connectivity index (χ0) is 14.3.